The normalized spacial score (nSPS) is 10.1. The number of benzene rings is 3. The minimum Gasteiger partial charge on any atom is -0.550 e. The van der Waals surface area contributed by atoms with Gasteiger partial charge in [0.2, 0.25) is 0 Å². The molecule has 0 unspecified atom stereocenters. The minimum absolute atomic E-state index is 0.226. The Morgan fingerprint density at radius 2 is 0.846 bits per heavy atom. The van der Waals surface area contributed by atoms with Gasteiger partial charge in [-0.1, -0.05) is 0 Å². The first kappa shape index (κ1) is 19.2. The molecule has 134 valence electrons. The number of carbonyl (C=O) groups is 1. The van der Waals surface area contributed by atoms with Crippen molar-refractivity contribution in [1.29, 1.82) is 0 Å². The van der Waals surface area contributed by atoms with E-state index in [4.69, 9.17) is 9.90 Å². The highest BCUT2D eigenvalue weighted by molar-refractivity contribution is 7.97. The molecular formula is C20H18O5S. The van der Waals surface area contributed by atoms with Crippen LogP contribution in [0.3, 0.4) is 0 Å². The van der Waals surface area contributed by atoms with Crippen molar-refractivity contribution in [2.24, 2.45) is 0 Å². The maximum absolute atomic E-state index is 9.49. The van der Waals surface area contributed by atoms with Gasteiger partial charge in [0, 0.05) is 5.97 Å². The van der Waals surface area contributed by atoms with E-state index in [1.54, 1.807) is 36.4 Å². The summed E-state index contributed by atoms with van der Waals surface area (Å²) in [5.41, 5.74) is 0. The fourth-order valence-corrected chi connectivity index (χ4v) is 4.20. The molecule has 3 aromatic carbocycles. The molecule has 0 radical (unpaired) electrons. The average Bonchev–Trinajstić information content (AvgIpc) is 2.60. The molecule has 6 heteroatoms. The molecular weight excluding hydrogens is 352 g/mol. The molecule has 0 saturated carbocycles. The Labute approximate surface area is 154 Å². The minimum atomic E-state index is -1.08. The molecule has 3 N–H and O–H groups in total. The van der Waals surface area contributed by atoms with Crippen LogP contribution in [-0.2, 0) is 15.7 Å². The highest BCUT2D eigenvalue weighted by Crippen LogP contribution is 2.33. The number of carboxylic acids is 1. The lowest BCUT2D eigenvalue weighted by atomic mass is 10.3. The molecule has 0 atom stereocenters. The number of phenolic OH excluding ortho intramolecular Hbond substituents is 3. The third-order valence-corrected chi connectivity index (χ3v) is 5.45. The molecule has 0 aliphatic carbocycles. The first-order valence-electron chi connectivity index (χ1n) is 7.66. The smallest absolute Gasteiger partial charge is 0.166 e. The van der Waals surface area contributed by atoms with Crippen LogP contribution in [0.4, 0.5) is 0 Å². The zero-order chi connectivity index (χ0) is 19.1. The third kappa shape index (κ3) is 5.46. The van der Waals surface area contributed by atoms with Crippen LogP contribution >= 0.6 is 0 Å². The first-order valence-corrected chi connectivity index (χ1v) is 8.88. The van der Waals surface area contributed by atoms with Crippen molar-refractivity contribution >= 4 is 16.9 Å². The summed E-state index contributed by atoms with van der Waals surface area (Å²) in [5.74, 6) is -0.406. The van der Waals surface area contributed by atoms with Crippen molar-refractivity contribution in [1.82, 2.24) is 0 Å². The number of phenols is 3. The lowest BCUT2D eigenvalue weighted by molar-refractivity contribution is -0.302. The van der Waals surface area contributed by atoms with Crippen LogP contribution in [-0.4, -0.2) is 21.3 Å². The summed E-state index contributed by atoms with van der Waals surface area (Å²) in [6.45, 7) is 0.972. The molecule has 0 spiro atoms. The molecule has 3 aromatic rings. The van der Waals surface area contributed by atoms with Crippen molar-refractivity contribution in [3.63, 3.8) is 0 Å². The van der Waals surface area contributed by atoms with Crippen molar-refractivity contribution in [3.05, 3.63) is 72.8 Å². The molecule has 0 aliphatic rings. The van der Waals surface area contributed by atoms with Crippen LogP contribution in [0.1, 0.15) is 6.92 Å². The predicted octanol–water partition coefficient (Wildman–Crippen LogP) is 2.66. The second-order valence-electron chi connectivity index (χ2n) is 5.28. The number of hydrogen-bond acceptors (Lipinski definition) is 5. The lowest BCUT2D eigenvalue weighted by Gasteiger charge is -2.08. The van der Waals surface area contributed by atoms with Crippen molar-refractivity contribution < 1.29 is 25.2 Å². The van der Waals surface area contributed by atoms with Crippen LogP contribution in [0.25, 0.3) is 0 Å². The monoisotopic (exact) mass is 370 g/mol. The van der Waals surface area contributed by atoms with E-state index in [2.05, 4.69) is 0 Å². The fourth-order valence-electron chi connectivity index (χ4n) is 2.15. The van der Waals surface area contributed by atoms with E-state index in [9.17, 15) is 15.3 Å². The molecule has 0 heterocycles. The maximum atomic E-state index is 9.49. The van der Waals surface area contributed by atoms with Gasteiger partial charge in [-0.3, -0.25) is 0 Å². The number of rotatable bonds is 3. The van der Waals surface area contributed by atoms with Crippen molar-refractivity contribution in [3.8, 4) is 17.2 Å². The summed E-state index contributed by atoms with van der Waals surface area (Å²) in [6, 6.07) is 21.3. The molecule has 0 fully saturated rings. The average molecular weight is 370 g/mol. The second kappa shape index (κ2) is 8.82. The summed E-state index contributed by atoms with van der Waals surface area (Å²) in [6.07, 6.45) is 0. The van der Waals surface area contributed by atoms with E-state index < -0.39 is 5.97 Å². The summed E-state index contributed by atoms with van der Waals surface area (Å²) < 4.78 is 0. The number of aromatic hydroxyl groups is 3. The van der Waals surface area contributed by atoms with Crippen LogP contribution in [0.15, 0.2) is 87.5 Å². The Bertz CT molecular complexity index is 731. The van der Waals surface area contributed by atoms with E-state index in [0.717, 1.165) is 21.6 Å². The van der Waals surface area contributed by atoms with Gasteiger partial charge in [-0.15, -0.1) is 0 Å². The van der Waals surface area contributed by atoms with E-state index in [0.29, 0.717) is 0 Å². The van der Waals surface area contributed by atoms with Gasteiger partial charge in [0.25, 0.3) is 0 Å². The molecule has 3 rings (SSSR count). The third-order valence-electron chi connectivity index (χ3n) is 3.22. The summed E-state index contributed by atoms with van der Waals surface area (Å²) >= 11 is 0. The lowest BCUT2D eigenvalue weighted by Crippen LogP contribution is -2.16. The molecule has 0 amide bonds. The Morgan fingerprint density at radius 1 is 0.654 bits per heavy atom. The number of carbonyl (C=O) groups excluding carboxylic acids is 1. The van der Waals surface area contributed by atoms with Crippen LogP contribution in [0.5, 0.6) is 17.2 Å². The van der Waals surface area contributed by atoms with Gasteiger partial charge < -0.3 is 25.2 Å². The van der Waals surface area contributed by atoms with Crippen molar-refractivity contribution in [2.45, 2.75) is 21.6 Å². The van der Waals surface area contributed by atoms with Gasteiger partial charge in [0.15, 0.2) is 14.7 Å². The zero-order valence-electron chi connectivity index (χ0n) is 14.0. The topological polar surface area (TPSA) is 101 Å². The summed E-state index contributed by atoms with van der Waals surface area (Å²) in [7, 11) is -0.373. The Hall–Kier alpha value is -3.12. The Balaban J connectivity index is 0.000000552. The SMILES string of the molecule is CC(=O)[O-].Oc1ccc([S+](c2ccc(O)cc2)c2ccc(O)cc2)cc1. The largest absolute Gasteiger partial charge is 0.550 e. The Morgan fingerprint density at radius 3 is 1.04 bits per heavy atom. The Kier molecular flexibility index (Phi) is 6.52. The van der Waals surface area contributed by atoms with E-state index >= 15 is 0 Å². The highest BCUT2D eigenvalue weighted by atomic mass is 32.2. The first-order chi connectivity index (χ1) is 12.4. The molecule has 0 saturated heterocycles. The number of aliphatic carboxylic acids is 1. The maximum Gasteiger partial charge on any atom is 0.166 e. The van der Waals surface area contributed by atoms with Gasteiger partial charge in [0.05, 0.1) is 10.9 Å². The molecule has 0 bridgehead atoms. The van der Waals surface area contributed by atoms with Gasteiger partial charge in [0.1, 0.15) is 17.2 Å². The predicted molar refractivity (Wildman–Crippen MR) is 97.2 cm³/mol. The van der Waals surface area contributed by atoms with Crippen LogP contribution in [0, 0.1) is 0 Å². The quantitative estimate of drug-likeness (QED) is 0.616. The molecule has 26 heavy (non-hydrogen) atoms. The molecule has 5 nitrogen and oxygen atoms in total. The fraction of sp³-hybridized carbons (Fsp3) is 0.0500. The zero-order valence-corrected chi connectivity index (χ0v) is 14.8. The van der Waals surface area contributed by atoms with Gasteiger partial charge in [-0.25, -0.2) is 0 Å². The molecule has 0 aromatic heterocycles. The van der Waals surface area contributed by atoms with Gasteiger partial charge in [-0.2, -0.15) is 0 Å². The van der Waals surface area contributed by atoms with Gasteiger partial charge in [-0.05, 0) is 79.7 Å². The highest BCUT2D eigenvalue weighted by Gasteiger charge is 2.28. The van der Waals surface area contributed by atoms with Crippen LogP contribution in [0.2, 0.25) is 0 Å². The summed E-state index contributed by atoms with van der Waals surface area (Å²) in [5, 5.41) is 37.4. The number of carboxylic acid groups (broad SMARTS) is 1. The number of hydrogen-bond donors (Lipinski definition) is 3. The van der Waals surface area contributed by atoms with Crippen molar-refractivity contribution in [2.75, 3.05) is 0 Å². The van der Waals surface area contributed by atoms with Crippen LogP contribution < -0.4 is 5.11 Å². The van der Waals surface area contributed by atoms with E-state index in [1.165, 1.54) is 0 Å². The van der Waals surface area contributed by atoms with Gasteiger partial charge >= 0.3 is 0 Å². The standard InChI is InChI=1S/C18H14O3S.C2H4O2/c19-13-1-7-16(8-2-13)22(17-9-3-14(20)4-10-17)18-11-5-15(21)6-12-18;1-2(3)4/h1-12H,(H2-,19,20,21);1H3,(H,3,4). The van der Waals surface area contributed by atoms with E-state index in [1.807, 2.05) is 36.4 Å². The van der Waals surface area contributed by atoms with E-state index in [-0.39, 0.29) is 28.1 Å². The second-order valence-corrected chi connectivity index (χ2v) is 7.31. The molecule has 0 aliphatic heterocycles. The summed E-state index contributed by atoms with van der Waals surface area (Å²) in [4.78, 5) is 12.0.